The molecule has 0 aromatic carbocycles. The van der Waals surface area contributed by atoms with Crippen LogP contribution >= 0.6 is 11.3 Å². The molecule has 6 heteroatoms. The Balaban J connectivity index is 1.49. The first-order chi connectivity index (χ1) is 11.1. The van der Waals surface area contributed by atoms with Crippen molar-refractivity contribution >= 4 is 23.0 Å². The number of carbonyl (C=O) groups is 1. The molecule has 3 heterocycles. The highest BCUT2D eigenvalue weighted by Crippen LogP contribution is 2.17. The van der Waals surface area contributed by atoms with Gasteiger partial charge in [-0.05, 0) is 36.1 Å². The first kappa shape index (κ1) is 15.6. The Labute approximate surface area is 139 Å². The number of fused-ring (bicyclic) bond motifs is 1. The number of urea groups is 1. The van der Waals surface area contributed by atoms with Crippen LogP contribution in [-0.4, -0.2) is 33.9 Å². The van der Waals surface area contributed by atoms with Gasteiger partial charge in [0.05, 0.1) is 12.2 Å². The first-order valence-corrected chi connectivity index (χ1v) is 8.46. The third-order valence-corrected chi connectivity index (χ3v) is 4.77. The van der Waals surface area contributed by atoms with Gasteiger partial charge < -0.3 is 14.6 Å². The highest BCUT2D eigenvalue weighted by molar-refractivity contribution is 7.10. The van der Waals surface area contributed by atoms with Crippen molar-refractivity contribution in [3.05, 3.63) is 58.2 Å². The molecule has 0 bridgehead atoms. The van der Waals surface area contributed by atoms with E-state index in [1.54, 1.807) is 16.2 Å². The fourth-order valence-corrected chi connectivity index (χ4v) is 3.35. The largest absolute Gasteiger partial charge is 0.338 e. The second-order valence-electron chi connectivity index (χ2n) is 5.56. The molecule has 0 aliphatic carbocycles. The standard InChI is InChI=1S/C17H20N4OS/c1-13-7-10-23-15(13)12-20(2)17(22)18-8-6-14-11-21-9-4-3-5-16(21)19-14/h3-5,7,9-11H,6,8,12H2,1-2H3,(H,18,22). The van der Waals surface area contributed by atoms with Gasteiger partial charge in [-0.3, -0.25) is 0 Å². The number of carbonyl (C=O) groups excluding carboxylic acids is 1. The summed E-state index contributed by atoms with van der Waals surface area (Å²) in [4.78, 5) is 19.6. The van der Waals surface area contributed by atoms with Gasteiger partial charge in [-0.2, -0.15) is 0 Å². The Morgan fingerprint density at radius 3 is 3.00 bits per heavy atom. The van der Waals surface area contributed by atoms with Crippen molar-refractivity contribution in [2.45, 2.75) is 19.9 Å². The maximum Gasteiger partial charge on any atom is 0.317 e. The van der Waals surface area contributed by atoms with Crippen LogP contribution in [0.3, 0.4) is 0 Å². The average molecular weight is 328 g/mol. The molecule has 3 rings (SSSR count). The minimum Gasteiger partial charge on any atom is -0.338 e. The minimum absolute atomic E-state index is 0.0541. The van der Waals surface area contributed by atoms with Crippen molar-refractivity contribution in [1.82, 2.24) is 19.6 Å². The highest BCUT2D eigenvalue weighted by Gasteiger charge is 2.11. The van der Waals surface area contributed by atoms with E-state index in [9.17, 15) is 4.79 Å². The molecule has 120 valence electrons. The highest BCUT2D eigenvalue weighted by atomic mass is 32.1. The van der Waals surface area contributed by atoms with Crippen molar-refractivity contribution in [3.63, 3.8) is 0 Å². The number of aryl methyl sites for hydroxylation is 1. The van der Waals surface area contributed by atoms with Crippen molar-refractivity contribution < 1.29 is 4.79 Å². The van der Waals surface area contributed by atoms with Crippen LogP contribution in [0.2, 0.25) is 0 Å². The van der Waals surface area contributed by atoms with Crippen LogP contribution in [0, 0.1) is 6.92 Å². The van der Waals surface area contributed by atoms with Crippen LogP contribution in [0.15, 0.2) is 42.0 Å². The summed E-state index contributed by atoms with van der Waals surface area (Å²) in [6.07, 6.45) is 4.70. The maximum absolute atomic E-state index is 12.1. The lowest BCUT2D eigenvalue weighted by Gasteiger charge is -2.17. The molecular weight excluding hydrogens is 308 g/mol. The molecule has 0 unspecified atom stereocenters. The monoisotopic (exact) mass is 328 g/mol. The summed E-state index contributed by atoms with van der Waals surface area (Å²) >= 11 is 1.68. The zero-order chi connectivity index (χ0) is 16.2. The number of hydrogen-bond acceptors (Lipinski definition) is 3. The third kappa shape index (κ3) is 3.71. The average Bonchev–Trinajstić information content (AvgIpc) is 3.13. The summed E-state index contributed by atoms with van der Waals surface area (Å²) in [5, 5.41) is 5.00. The maximum atomic E-state index is 12.1. The second kappa shape index (κ2) is 6.83. The lowest BCUT2D eigenvalue weighted by atomic mass is 10.3. The Bertz CT molecular complexity index is 775. The fourth-order valence-electron chi connectivity index (χ4n) is 2.39. The molecule has 3 aromatic rings. The zero-order valence-corrected chi connectivity index (χ0v) is 14.1. The molecule has 0 radical (unpaired) electrons. The Hall–Kier alpha value is -2.34. The molecule has 0 fully saturated rings. The molecule has 5 nitrogen and oxygen atoms in total. The predicted octanol–water partition coefficient (Wildman–Crippen LogP) is 3.09. The number of amides is 2. The molecule has 2 amide bonds. The number of nitrogens with zero attached hydrogens (tertiary/aromatic N) is 3. The first-order valence-electron chi connectivity index (χ1n) is 7.58. The van der Waals surface area contributed by atoms with Crippen molar-refractivity contribution in [3.8, 4) is 0 Å². The fraction of sp³-hybridized carbons (Fsp3) is 0.294. The Morgan fingerprint density at radius 2 is 2.26 bits per heavy atom. The number of aromatic nitrogens is 2. The minimum atomic E-state index is -0.0541. The van der Waals surface area contributed by atoms with E-state index in [-0.39, 0.29) is 6.03 Å². The van der Waals surface area contributed by atoms with Crippen molar-refractivity contribution in [1.29, 1.82) is 0 Å². The molecular formula is C17H20N4OS. The molecule has 0 saturated carbocycles. The van der Waals surface area contributed by atoms with Crippen LogP contribution in [0.1, 0.15) is 16.1 Å². The molecule has 0 spiro atoms. The summed E-state index contributed by atoms with van der Waals surface area (Å²) in [5.74, 6) is 0. The second-order valence-corrected chi connectivity index (χ2v) is 6.56. The predicted molar refractivity (Wildman–Crippen MR) is 92.8 cm³/mol. The zero-order valence-electron chi connectivity index (χ0n) is 13.3. The van der Waals surface area contributed by atoms with E-state index in [0.717, 1.165) is 17.8 Å². The third-order valence-electron chi connectivity index (χ3n) is 3.77. The van der Waals surface area contributed by atoms with Crippen LogP contribution in [0.25, 0.3) is 5.65 Å². The lowest BCUT2D eigenvalue weighted by molar-refractivity contribution is 0.207. The summed E-state index contributed by atoms with van der Waals surface area (Å²) < 4.78 is 1.99. The SMILES string of the molecule is Cc1ccsc1CN(C)C(=O)NCCc1cn2ccccc2n1. The van der Waals surface area contributed by atoms with Gasteiger partial charge in [0.25, 0.3) is 0 Å². The smallest absolute Gasteiger partial charge is 0.317 e. The van der Waals surface area contributed by atoms with Gasteiger partial charge in [0.2, 0.25) is 0 Å². The number of pyridine rings is 1. The van der Waals surface area contributed by atoms with E-state index >= 15 is 0 Å². The van der Waals surface area contributed by atoms with Crippen molar-refractivity contribution in [2.75, 3.05) is 13.6 Å². The molecule has 23 heavy (non-hydrogen) atoms. The lowest BCUT2D eigenvalue weighted by Crippen LogP contribution is -2.37. The normalized spacial score (nSPS) is 10.9. The van der Waals surface area contributed by atoms with Gasteiger partial charge in [0.15, 0.2) is 0 Å². The number of hydrogen-bond donors (Lipinski definition) is 1. The summed E-state index contributed by atoms with van der Waals surface area (Å²) in [6, 6.07) is 7.94. The topological polar surface area (TPSA) is 49.6 Å². The van der Waals surface area contributed by atoms with E-state index in [4.69, 9.17) is 0 Å². The Kier molecular flexibility index (Phi) is 4.62. The number of thiophene rings is 1. The molecule has 0 aliphatic heterocycles. The molecule has 0 aliphatic rings. The van der Waals surface area contributed by atoms with E-state index in [1.807, 2.05) is 42.0 Å². The van der Waals surface area contributed by atoms with Gasteiger partial charge in [-0.15, -0.1) is 11.3 Å². The summed E-state index contributed by atoms with van der Waals surface area (Å²) in [7, 11) is 1.82. The van der Waals surface area contributed by atoms with Gasteiger partial charge >= 0.3 is 6.03 Å². The quantitative estimate of drug-likeness (QED) is 0.782. The Morgan fingerprint density at radius 1 is 1.39 bits per heavy atom. The number of nitrogens with one attached hydrogen (secondary N) is 1. The summed E-state index contributed by atoms with van der Waals surface area (Å²) in [5.41, 5.74) is 3.15. The van der Waals surface area contributed by atoms with Crippen LogP contribution < -0.4 is 5.32 Å². The summed E-state index contributed by atoms with van der Waals surface area (Å²) in [6.45, 7) is 3.29. The van der Waals surface area contributed by atoms with Gasteiger partial charge in [0, 0.05) is 37.3 Å². The number of rotatable bonds is 5. The van der Waals surface area contributed by atoms with E-state index in [2.05, 4.69) is 28.7 Å². The van der Waals surface area contributed by atoms with Crippen LogP contribution in [0.4, 0.5) is 4.79 Å². The molecule has 0 atom stereocenters. The molecule has 1 N–H and O–H groups in total. The van der Waals surface area contributed by atoms with Crippen LogP contribution in [0.5, 0.6) is 0 Å². The van der Waals surface area contributed by atoms with E-state index in [0.29, 0.717) is 13.1 Å². The van der Waals surface area contributed by atoms with E-state index < -0.39 is 0 Å². The van der Waals surface area contributed by atoms with E-state index in [1.165, 1.54) is 10.4 Å². The number of imidazole rings is 1. The van der Waals surface area contributed by atoms with Crippen molar-refractivity contribution in [2.24, 2.45) is 0 Å². The van der Waals surface area contributed by atoms with Gasteiger partial charge in [0.1, 0.15) is 5.65 Å². The molecule has 3 aromatic heterocycles. The van der Waals surface area contributed by atoms with Gasteiger partial charge in [-0.25, -0.2) is 9.78 Å². The molecule has 0 saturated heterocycles. The van der Waals surface area contributed by atoms with Crippen LogP contribution in [-0.2, 0) is 13.0 Å². The van der Waals surface area contributed by atoms with Gasteiger partial charge in [-0.1, -0.05) is 6.07 Å².